The molecule has 1 unspecified atom stereocenters. The standard InChI is InChI=1S/C55H45N/c1-53(2)46-20-11-10-19-43(46)52-49(53)23-14-24-50(52)56(38-31-32-55(5)48-22-13-12-21-47(48)54(3,4)51(55)33-38)37-28-25-36(26-29-37)44-34-45-39-16-7-6-15-35(39)27-30-42(45)40-17-8-9-18-41(40)44/h6-31,33-34H,32H2,1-5H3. The van der Waals surface area contributed by atoms with Gasteiger partial charge in [-0.2, -0.15) is 0 Å². The molecule has 3 aliphatic rings. The van der Waals surface area contributed by atoms with Crippen LogP contribution in [0.1, 0.15) is 63.3 Å². The quantitative estimate of drug-likeness (QED) is 0.164. The summed E-state index contributed by atoms with van der Waals surface area (Å²) in [6.45, 7) is 12.0. The Morgan fingerprint density at radius 2 is 1.11 bits per heavy atom. The molecule has 0 spiro atoms. The normalized spacial score (nSPS) is 18.6. The lowest BCUT2D eigenvalue weighted by molar-refractivity contribution is 0.508. The van der Waals surface area contributed by atoms with Gasteiger partial charge in [0, 0.05) is 33.2 Å². The van der Waals surface area contributed by atoms with Gasteiger partial charge >= 0.3 is 0 Å². The van der Waals surface area contributed by atoms with Gasteiger partial charge in [-0.25, -0.2) is 0 Å². The van der Waals surface area contributed by atoms with Crippen molar-refractivity contribution in [3.8, 4) is 22.3 Å². The van der Waals surface area contributed by atoms with Gasteiger partial charge in [0.2, 0.25) is 0 Å². The van der Waals surface area contributed by atoms with E-state index >= 15 is 0 Å². The van der Waals surface area contributed by atoms with Crippen molar-refractivity contribution in [3.63, 3.8) is 0 Å². The Kier molecular flexibility index (Phi) is 6.91. The minimum Gasteiger partial charge on any atom is -0.310 e. The van der Waals surface area contributed by atoms with Crippen molar-refractivity contribution in [2.45, 2.75) is 57.3 Å². The van der Waals surface area contributed by atoms with Gasteiger partial charge in [-0.15, -0.1) is 0 Å². The predicted molar refractivity (Wildman–Crippen MR) is 238 cm³/mol. The number of hydrogen-bond acceptors (Lipinski definition) is 1. The van der Waals surface area contributed by atoms with Crippen molar-refractivity contribution < 1.29 is 0 Å². The van der Waals surface area contributed by atoms with Crippen LogP contribution in [0.5, 0.6) is 0 Å². The maximum absolute atomic E-state index is 2.55. The van der Waals surface area contributed by atoms with Gasteiger partial charge in [0.25, 0.3) is 0 Å². The third-order valence-electron chi connectivity index (χ3n) is 13.8. The van der Waals surface area contributed by atoms with Crippen LogP contribution in [0.15, 0.2) is 181 Å². The average molecular weight is 720 g/mol. The van der Waals surface area contributed by atoms with E-state index < -0.39 is 0 Å². The minimum atomic E-state index is -0.0914. The molecule has 1 heteroatoms. The molecule has 1 atom stereocenters. The molecule has 56 heavy (non-hydrogen) atoms. The first-order valence-electron chi connectivity index (χ1n) is 20.2. The minimum absolute atomic E-state index is 0.0341. The van der Waals surface area contributed by atoms with Crippen LogP contribution in [-0.2, 0) is 16.2 Å². The third kappa shape index (κ3) is 4.49. The summed E-state index contributed by atoms with van der Waals surface area (Å²) in [6.07, 6.45) is 5.99. The van der Waals surface area contributed by atoms with Gasteiger partial charge in [0.15, 0.2) is 0 Å². The van der Waals surface area contributed by atoms with Gasteiger partial charge < -0.3 is 4.90 Å². The van der Waals surface area contributed by atoms with Crippen molar-refractivity contribution in [1.29, 1.82) is 0 Å². The highest BCUT2D eigenvalue weighted by molar-refractivity contribution is 6.21. The molecule has 0 aromatic heterocycles. The number of allylic oxidation sites excluding steroid dienone is 3. The zero-order valence-corrected chi connectivity index (χ0v) is 32.8. The molecule has 0 fully saturated rings. The number of nitrogens with zero attached hydrogens (tertiary/aromatic N) is 1. The molecule has 0 radical (unpaired) electrons. The summed E-state index contributed by atoms with van der Waals surface area (Å²) in [4.78, 5) is 2.55. The van der Waals surface area contributed by atoms with Gasteiger partial charge in [0.1, 0.15) is 0 Å². The average Bonchev–Trinajstić information content (AvgIpc) is 3.58. The third-order valence-corrected chi connectivity index (χ3v) is 13.8. The summed E-state index contributed by atoms with van der Waals surface area (Å²) >= 11 is 0. The van der Waals surface area contributed by atoms with E-state index in [1.165, 1.54) is 99.5 Å². The number of rotatable bonds is 4. The van der Waals surface area contributed by atoms with Gasteiger partial charge in [0.05, 0.1) is 5.69 Å². The van der Waals surface area contributed by atoms with E-state index in [4.69, 9.17) is 0 Å². The summed E-state index contributed by atoms with van der Waals surface area (Å²) in [5.74, 6) is 0. The Morgan fingerprint density at radius 1 is 0.464 bits per heavy atom. The Morgan fingerprint density at radius 3 is 1.91 bits per heavy atom. The monoisotopic (exact) mass is 719 g/mol. The second-order valence-electron chi connectivity index (χ2n) is 17.5. The fourth-order valence-electron chi connectivity index (χ4n) is 11.0. The topological polar surface area (TPSA) is 3.24 Å². The second kappa shape index (κ2) is 11.7. The van der Waals surface area contributed by atoms with Crippen molar-refractivity contribution >= 4 is 43.7 Å². The molecular weight excluding hydrogens is 675 g/mol. The summed E-state index contributed by atoms with van der Waals surface area (Å²) in [6, 6.07) is 59.1. The highest BCUT2D eigenvalue weighted by Gasteiger charge is 2.50. The Balaban J connectivity index is 1.11. The molecule has 0 N–H and O–H groups in total. The highest BCUT2D eigenvalue weighted by Crippen LogP contribution is 2.59. The van der Waals surface area contributed by atoms with Crippen LogP contribution in [0.4, 0.5) is 11.4 Å². The fraction of sp³-hybridized carbons (Fsp3) is 0.164. The van der Waals surface area contributed by atoms with Crippen molar-refractivity contribution in [2.24, 2.45) is 0 Å². The van der Waals surface area contributed by atoms with E-state index in [0.29, 0.717) is 0 Å². The molecule has 1 nitrogen and oxygen atoms in total. The lowest BCUT2D eigenvalue weighted by Gasteiger charge is -2.38. The van der Waals surface area contributed by atoms with Crippen molar-refractivity contribution in [1.82, 2.24) is 0 Å². The molecule has 8 aromatic carbocycles. The molecule has 0 saturated carbocycles. The van der Waals surface area contributed by atoms with Crippen LogP contribution in [0, 0.1) is 0 Å². The molecule has 3 aliphatic carbocycles. The van der Waals surface area contributed by atoms with Crippen LogP contribution in [0.3, 0.4) is 0 Å². The first-order valence-corrected chi connectivity index (χ1v) is 20.2. The lowest BCUT2D eigenvalue weighted by Crippen LogP contribution is -2.30. The molecule has 270 valence electrons. The van der Waals surface area contributed by atoms with Crippen LogP contribution in [0.2, 0.25) is 0 Å². The zero-order chi connectivity index (χ0) is 38.0. The summed E-state index contributed by atoms with van der Waals surface area (Å²) in [5.41, 5.74) is 15.8. The maximum Gasteiger partial charge on any atom is 0.0543 e. The Bertz CT molecular complexity index is 3010. The summed E-state index contributed by atoms with van der Waals surface area (Å²) in [7, 11) is 0. The zero-order valence-electron chi connectivity index (χ0n) is 32.8. The van der Waals surface area contributed by atoms with E-state index in [2.05, 4.69) is 209 Å². The van der Waals surface area contributed by atoms with Gasteiger partial charge in [-0.1, -0.05) is 174 Å². The van der Waals surface area contributed by atoms with Crippen LogP contribution >= 0.6 is 0 Å². The number of hydrogen-bond donors (Lipinski definition) is 0. The Labute approximate surface area is 330 Å². The molecule has 0 amide bonds. The Hall–Kier alpha value is -6.18. The van der Waals surface area contributed by atoms with E-state index in [-0.39, 0.29) is 16.2 Å². The first kappa shape index (κ1) is 33.2. The lowest BCUT2D eigenvalue weighted by atomic mass is 9.70. The molecular formula is C55H45N. The second-order valence-corrected chi connectivity index (χ2v) is 17.5. The predicted octanol–water partition coefficient (Wildman–Crippen LogP) is 14.7. The smallest absolute Gasteiger partial charge is 0.0543 e. The van der Waals surface area contributed by atoms with E-state index in [9.17, 15) is 0 Å². The molecule has 0 aliphatic heterocycles. The van der Waals surface area contributed by atoms with Crippen LogP contribution < -0.4 is 4.90 Å². The fourth-order valence-corrected chi connectivity index (χ4v) is 11.0. The van der Waals surface area contributed by atoms with E-state index in [1.807, 2.05) is 0 Å². The van der Waals surface area contributed by atoms with Crippen molar-refractivity contribution in [3.05, 3.63) is 203 Å². The molecule has 11 rings (SSSR count). The maximum atomic E-state index is 2.55. The number of anilines is 2. The molecule has 0 heterocycles. The number of fused-ring (bicyclic) bond motifs is 11. The van der Waals surface area contributed by atoms with Gasteiger partial charge in [-0.3, -0.25) is 0 Å². The highest BCUT2D eigenvalue weighted by atomic mass is 15.2. The molecule has 0 saturated heterocycles. The van der Waals surface area contributed by atoms with Crippen LogP contribution in [-0.4, -0.2) is 0 Å². The molecule has 0 bridgehead atoms. The van der Waals surface area contributed by atoms with E-state index in [1.54, 1.807) is 0 Å². The molecule has 8 aromatic rings. The largest absolute Gasteiger partial charge is 0.310 e. The first-order chi connectivity index (χ1) is 27.2. The summed E-state index contributed by atoms with van der Waals surface area (Å²) < 4.78 is 0. The summed E-state index contributed by atoms with van der Waals surface area (Å²) in [5, 5.41) is 7.73. The van der Waals surface area contributed by atoms with Gasteiger partial charge in [-0.05, 0) is 114 Å². The van der Waals surface area contributed by atoms with Crippen molar-refractivity contribution in [2.75, 3.05) is 4.90 Å². The number of benzene rings is 8. The van der Waals surface area contributed by atoms with Crippen LogP contribution in [0.25, 0.3) is 54.6 Å². The van der Waals surface area contributed by atoms with E-state index in [0.717, 1.165) is 6.42 Å². The SMILES string of the molecule is CC1(C)C2=CC(N(c3ccc(-c4cc5c6ccccc6ccc5c5ccccc45)cc3)c3cccc4c3-c3ccccc3C4(C)C)=CCC2(C)c2ccccc21.